The van der Waals surface area contributed by atoms with E-state index >= 15 is 0 Å². The van der Waals surface area contributed by atoms with Crippen LogP contribution < -0.4 is 10.5 Å². The Kier molecular flexibility index (Phi) is 3.54. The van der Waals surface area contributed by atoms with Crippen molar-refractivity contribution in [2.75, 3.05) is 17.6 Å². The van der Waals surface area contributed by atoms with Crippen LogP contribution in [0.15, 0.2) is 12.4 Å². The molecule has 0 fully saturated rings. The van der Waals surface area contributed by atoms with Gasteiger partial charge in [-0.15, -0.1) is 0 Å². The lowest BCUT2D eigenvalue weighted by Gasteiger charge is -2.02. The first-order valence-corrected chi connectivity index (χ1v) is 5.69. The molecule has 1 aromatic rings. The first-order valence-electron chi connectivity index (χ1n) is 3.98. The minimum atomic E-state index is -3.47. The number of primary sulfonamides is 1. The van der Waals surface area contributed by atoms with E-state index in [0.29, 0.717) is 5.82 Å². The molecule has 8 heteroatoms. The summed E-state index contributed by atoms with van der Waals surface area (Å²) in [7, 11) is -3.47. The van der Waals surface area contributed by atoms with Crippen molar-refractivity contribution in [3.05, 3.63) is 18.1 Å². The molecule has 0 spiro atoms. The summed E-state index contributed by atoms with van der Waals surface area (Å²) in [5.74, 6) is 0.215. The summed E-state index contributed by atoms with van der Waals surface area (Å²) >= 11 is 0. The maximum atomic E-state index is 10.6. The number of hydrogen-bond acceptors (Lipinski definition) is 6. The second-order valence-electron chi connectivity index (χ2n) is 2.69. The van der Waals surface area contributed by atoms with Crippen LogP contribution in [0.3, 0.4) is 0 Å². The minimum absolute atomic E-state index is 0.152. The van der Waals surface area contributed by atoms with Crippen LogP contribution >= 0.6 is 0 Å². The van der Waals surface area contributed by atoms with Crippen molar-refractivity contribution in [1.82, 2.24) is 9.97 Å². The molecule has 0 unspecified atom stereocenters. The minimum Gasteiger partial charge on any atom is -0.368 e. The van der Waals surface area contributed by atoms with Crippen LogP contribution in [0.5, 0.6) is 0 Å². The highest BCUT2D eigenvalue weighted by Crippen LogP contribution is 1.99. The van der Waals surface area contributed by atoms with E-state index in [2.05, 4.69) is 15.3 Å². The summed E-state index contributed by atoms with van der Waals surface area (Å²) in [4.78, 5) is 7.58. The fraction of sp³-hybridized carbons (Fsp3) is 0.286. The molecule has 0 bridgehead atoms. The summed E-state index contributed by atoms with van der Waals surface area (Å²) in [6.07, 6.45) is 2.64. The molecule has 3 N–H and O–H groups in total. The van der Waals surface area contributed by atoms with Gasteiger partial charge in [-0.25, -0.2) is 23.5 Å². The number of anilines is 1. The van der Waals surface area contributed by atoms with Gasteiger partial charge in [0.05, 0.1) is 18.1 Å². The highest BCUT2D eigenvalue weighted by molar-refractivity contribution is 7.89. The van der Waals surface area contributed by atoms with Gasteiger partial charge in [0.15, 0.2) is 5.69 Å². The Morgan fingerprint density at radius 1 is 1.47 bits per heavy atom. The summed E-state index contributed by atoms with van der Waals surface area (Å²) in [6, 6.07) is 1.82. The van der Waals surface area contributed by atoms with Crippen LogP contribution in [-0.2, 0) is 10.0 Å². The fourth-order valence-electron chi connectivity index (χ4n) is 0.798. The van der Waals surface area contributed by atoms with Gasteiger partial charge in [-0.1, -0.05) is 0 Å². The van der Waals surface area contributed by atoms with E-state index < -0.39 is 10.0 Å². The van der Waals surface area contributed by atoms with Gasteiger partial charge < -0.3 is 5.32 Å². The second-order valence-corrected chi connectivity index (χ2v) is 4.43. The molecule has 0 aliphatic carbocycles. The molecule has 0 atom stereocenters. The predicted octanol–water partition coefficient (Wildman–Crippen LogP) is -0.951. The van der Waals surface area contributed by atoms with Gasteiger partial charge in [-0.2, -0.15) is 5.26 Å². The molecule has 0 saturated carbocycles. The molecule has 0 radical (unpaired) electrons. The average molecular weight is 227 g/mol. The van der Waals surface area contributed by atoms with Crippen molar-refractivity contribution >= 4 is 15.8 Å². The molecular weight excluding hydrogens is 218 g/mol. The van der Waals surface area contributed by atoms with Gasteiger partial charge in [-0.3, -0.25) is 0 Å². The molecule has 0 aromatic carbocycles. The van der Waals surface area contributed by atoms with E-state index in [0.717, 1.165) is 0 Å². The summed E-state index contributed by atoms with van der Waals surface area (Å²) in [6.45, 7) is 0.152. The Morgan fingerprint density at radius 2 is 2.20 bits per heavy atom. The molecule has 0 aliphatic rings. The third-order valence-corrected chi connectivity index (χ3v) is 2.23. The van der Waals surface area contributed by atoms with Crippen molar-refractivity contribution in [3.63, 3.8) is 0 Å². The maximum absolute atomic E-state index is 10.6. The number of rotatable bonds is 4. The zero-order chi connectivity index (χ0) is 11.3. The van der Waals surface area contributed by atoms with Crippen molar-refractivity contribution in [2.24, 2.45) is 5.14 Å². The van der Waals surface area contributed by atoms with Gasteiger partial charge in [0.2, 0.25) is 10.0 Å². The molecule has 0 amide bonds. The van der Waals surface area contributed by atoms with Crippen molar-refractivity contribution in [3.8, 4) is 6.07 Å². The largest absolute Gasteiger partial charge is 0.368 e. The quantitative estimate of drug-likeness (QED) is 0.683. The van der Waals surface area contributed by atoms with Gasteiger partial charge in [0.1, 0.15) is 11.9 Å². The first-order chi connectivity index (χ1) is 7.01. The molecule has 0 saturated heterocycles. The Morgan fingerprint density at radius 3 is 2.67 bits per heavy atom. The lowest BCUT2D eigenvalue weighted by Crippen LogP contribution is -2.22. The van der Waals surface area contributed by atoms with E-state index in [-0.39, 0.29) is 18.0 Å². The van der Waals surface area contributed by atoms with Gasteiger partial charge >= 0.3 is 0 Å². The molecule has 15 heavy (non-hydrogen) atoms. The summed E-state index contributed by atoms with van der Waals surface area (Å²) in [5.41, 5.74) is 0.201. The molecular formula is C7H9N5O2S. The number of nitrogens with zero attached hydrogens (tertiary/aromatic N) is 3. The highest BCUT2D eigenvalue weighted by Gasteiger charge is 2.02. The number of nitrogens with one attached hydrogen (secondary N) is 1. The van der Waals surface area contributed by atoms with Crippen LogP contribution in [0.2, 0.25) is 0 Å². The van der Waals surface area contributed by atoms with Crippen LogP contribution in [-0.4, -0.2) is 30.7 Å². The van der Waals surface area contributed by atoms with Crippen molar-refractivity contribution < 1.29 is 8.42 Å². The zero-order valence-corrected chi connectivity index (χ0v) is 8.53. The monoisotopic (exact) mass is 227 g/mol. The normalized spacial score (nSPS) is 10.7. The third-order valence-electron chi connectivity index (χ3n) is 1.46. The van der Waals surface area contributed by atoms with E-state index in [1.807, 2.05) is 6.07 Å². The topological polar surface area (TPSA) is 122 Å². The van der Waals surface area contributed by atoms with Gasteiger partial charge in [0, 0.05) is 6.54 Å². The first kappa shape index (κ1) is 11.4. The Hall–Kier alpha value is -1.72. The lowest BCUT2D eigenvalue weighted by atomic mass is 10.5. The maximum Gasteiger partial charge on any atom is 0.210 e. The fourth-order valence-corrected chi connectivity index (χ4v) is 1.18. The summed E-state index contributed by atoms with van der Waals surface area (Å²) in [5, 5.41) is 16.0. The van der Waals surface area contributed by atoms with E-state index in [1.54, 1.807) is 0 Å². The average Bonchev–Trinajstić information content (AvgIpc) is 2.17. The van der Waals surface area contributed by atoms with E-state index in [1.165, 1.54) is 12.4 Å². The van der Waals surface area contributed by atoms with Crippen molar-refractivity contribution in [1.29, 1.82) is 5.26 Å². The van der Waals surface area contributed by atoms with Crippen LogP contribution in [0.1, 0.15) is 5.69 Å². The second kappa shape index (κ2) is 4.68. The molecule has 1 rings (SSSR count). The molecule has 7 nitrogen and oxygen atoms in total. The molecule has 1 heterocycles. The Labute approximate surface area is 87.0 Å². The van der Waals surface area contributed by atoms with Crippen LogP contribution in [0, 0.1) is 11.3 Å². The predicted molar refractivity (Wildman–Crippen MR) is 53.2 cm³/mol. The summed E-state index contributed by atoms with van der Waals surface area (Å²) < 4.78 is 21.2. The van der Waals surface area contributed by atoms with E-state index in [9.17, 15) is 8.42 Å². The number of hydrogen-bond donors (Lipinski definition) is 2. The van der Waals surface area contributed by atoms with Gasteiger partial charge in [-0.05, 0) is 0 Å². The Bertz CT molecular complexity index is 461. The van der Waals surface area contributed by atoms with Gasteiger partial charge in [0.25, 0.3) is 0 Å². The SMILES string of the molecule is N#Cc1cnc(NCCS(N)(=O)=O)cn1. The number of nitrogens with two attached hydrogens (primary N) is 1. The molecule has 0 aliphatic heterocycles. The van der Waals surface area contributed by atoms with Crippen LogP contribution in [0.4, 0.5) is 5.82 Å². The molecule has 80 valence electrons. The smallest absolute Gasteiger partial charge is 0.210 e. The number of sulfonamides is 1. The Balaban J connectivity index is 2.49. The van der Waals surface area contributed by atoms with Crippen LogP contribution in [0.25, 0.3) is 0 Å². The standard InChI is InChI=1S/C7H9N5O2S/c8-3-6-4-12-7(5-11-6)10-1-2-15(9,13)14/h4-5H,1-2H2,(H,10,12)(H2,9,13,14). The number of aromatic nitrogens is 2. The molecule has 1 aromatic heterocycles. The van der Waals surface area contributed by atoms with Crippen molar-refractivity contribution in [2.45, 2.75) is 0 Å². The highest BCUT2D eigenvalue weighted by atomic mass is 32.2. The third kappa shape index (κ3) is 4.35. The van der Waals surface area contributed by atoms with E-state index in [4.69, 9.17) is 10.4 Å². The zero-order valence-electron chi connectivity index (χ0n) is 7.71. The number of nitriles is 1. The lowest BCUT2D eigenvalue weighted by molar-refractivity contribution is 0.598.